The molecule has 0 saturated carbocycles. The number of methoxy groups -OCH3 is 1. The predicted octanol–water partition coefficient (Wildman–Crippen LogP) is 5.23. The highest BCUT2D eigenvalue weighted by atomic mass is 35.5. The van der Waals surface area contributed by atoms with E-state index in [4.69, 9.17) is 25.8 Å². The van der Waals surface area contributed by atoms with Crippen molar-refractivity contribution in [2.45, 2.75) is 0 Å². The summed E-state index contributed by atoms with van der Waals surface area (Å²) in [4.78, 5) is 24.9. The molecule has 0 N–H and O–H groups in total. The van der Waals surface area contributed by atoms with E-state index in [0.29, 0.717) is 33.4 Å². The summed E-state index contributed by atoms with van der Waals surface area (Å²) in [7, 11) is 1.57. The summed E-state index contributed by atoms with van der Waals surface area (Å²) in [6, 6.07) is 18.8. The van der Waals surface area contributed by atoms with Crippen LogP contribution < -0.4 is 14.2 Å². The Bertz CT molecular complexity index is 1150. The van der Waals surface area contributed by atoms with E-state index in [2.05, 4.69) is 0 Å². The van der Waals surface area contributed by atoms with Gasteiger partial charge in [0.2, 0.25) is 5.78 Å². The van der Waals surface area contributed by atoms with Crippen molar-refractivity contribution in [1.82, 2.24) is 0 Å². The quantitative estimate of drug-likeness (QED) is 0.404. The Morgan fingerprint density at radius 2 is 1.80 bits per heavy atom. The minimum atomic E-state index is -0.217. The van der Waals surface area contributed by atoms with Gasteiger partial charge in [-0.05, 0) is 60.2 Å². The molecule has 3 aromatic rings. The second kappa shape index (κ2) is 8.43. The van der Waals surface area contributed by atoms with E-state index in [1.807, 2.05) is 6.07 Å². The van der Waals surface area contributed by atoms with Crippen molar-refractivity contribution in [2.75, 3.05) is 13.7 Å². The maximum Gasteiger partial charge on any atom is 0.231 e. The SMILES string of the molecule is COc1ccc(C(=O)COc2ccc3c(c2)OC(=Cc2cccc(Cl)c2)C3=O)cc1. The number of carbonyl (C=O) groups excluding carboxylic acids is 2. The smallest absolute Gasteiger partial charge is 0.231 e. The summed E-state index contributed by atoms with van der Waals surface area (Å²) in [6.07, 6.45) is 1.64. The lowest BCUT2D eigenvalue weighted by Crippen LogP contribution is -2.11. The lowest BCUT2D eigenvalue weighted by Gasteiger charge is -2.07. The number of ether oxygens (including phenoxy) is 3. The fourth-order valence-electron chi connectivity index (χ4n) is 3.01. The van der Waals surface area contributed by atoms with Crippen LogP contribution >= 0.6 is 11.6 Å². The molecule has 0 radical (unpaired) electrons. The molecule has 0 amide bonds. The number of fused-ring (bicyclic) bond motifs is 1. The lowest BCUT2D eigenvalue weighted by atomic mass is 10.1. The van der Waals surface area contributed by atoms with Crippen molar-refractivity contribution in [3.63, 3.8) is 0 Å². The van der Waals surface area contributed by atoms with E-state index in [9.17, 15) is 9.59 Å². The molecule has 0 bridgehead atoms. The number of ketones is 2. The highest BCUT2D eigenvalue weighted by molar-refractivity contribution is 6.30. The molecule has 4 rings (SSSR count). The second-order valence-corrected chi connectivity index (χ2v) is 7.03. The summed E-state index contributed by atoms with van der Waals surface area (Å²) in [5, 5.41) is 0.574. The summed E-state index contributed by atoms with van der Waals surface area (Å²) in [5.41, 5.74) is 1.73. The molecular weight excluding hydrogens is 404 g/mol. The maximum atomic E-state index is 12.6. The summed E-state index contributed by atoms with van der Waals surface area (Å²) < 4.78 is 16.4. The molecule has 1 aliphatic heterocycles. The van der Waals surface area contributed by atoms with Crippen molar-refractivity contribution in [2.24, 2.45) is 0 Å². The van der Waals surface area contributed by atoms with Gasteiger partial charge in [0.15, 0.2) is 18.1 Å². The van der Waals surface area contributed by atoms with Gasteiger partial charge in [0, 0.05) is 16.7 Å². The van der Waals surface area contributed by atoms with Gasteiger partial charge in [-0.1, -0.05) is 23.7 Å². The Morgan fingerprint density at radius 1 is 1.03 bits per heavy atom. The van der Waals surface area contributed by atoms with Crippen LogP contribution in [0.1, 0.15) is 26.3 Å². The molecule has 0 fully saturated rings. The zero-order valence-corrected chi connectivity index (χ0v) is 16.8. The number of halogens is 1. The van der Waals surface area contributed by atoms with Crippen molar-refractivity contribution < 1.29 is 23.8 Å². The first-order valence-electron chi connectivity index (χ1n) is 9.17. The van der Waals surface area contributed by atoms with E-state index in [0.717, 1.165) is 5.56 Å². The number of hydrogen-bond acceptors (Lipinski definition) is 5. The third kappa shape index (κ3) is 4.21. The highest BCUT2D eigenvalue weighted by Gasteiger charge is 2.27. The molecule has 0 aliphatic carbocycles. The molecule has 6 heteroatoms. The zero-order valence-electron chi connectivity index (χ0n) is 16.1. The van der Waals surface area contributed by atoms with Crippen molar-refractivity contribution in [1.29, 1.82) is 0 Å². The van der Waals surface area contributed by atoms with Gasteiger partial charge in [0.05, 0.1) is 12.7 Å². The molecular formula is C24H17ClO5. The van der Waals surface area contributed by atoms with Gasteiger partial charge in [-0.15, -0.1) is 0 Å². The third-order valence-corrected chi connectivity index (χ3v) is 4.80. The van der Waals surface area contributed by atoms with Crippen molar-refractivity contribution in [3.05, 3.63) is 94.2 Å². The van der Waals surface area contributed by atoms with Gasteiger partial charge >= 0.3 is 0 Å². The Hall–Kier alpha value is -3.57. The maximum absolute atomic E-state index is 12.6. The molecule has 3 aromatic carbocycles. The van der Waals surface area contributed by atoms with E-state index in [1.54, 1.807) is 73.8 Å². The van der Waals surface area contributed by atoms with Crippen LogP contribution in [0.5, 0.6) is 17.2 Å². The molecule has 1 aliphatic rings. The molecule has 5 nitrogen and oxygen atoms in total. The topological polar surface area (TPSA) is 61.8 Å². The van der Waals surface area contributed by atoms with Crippen LogP contribution in [0.2, 0.25) is 5.02 Å². The first-order valence-corrected chi connectivity index (χ1v) is 9.55. The number of hydrogen-bond donors (Lipinski definition) is 0. The monoisotopic (exact) mass is 420 g/mol. The van der Waals surface area contributed by atoms with E-state index in [-0.39, 0.29) is 23.9 Å². The van der Waals surface area contributed by atoms with Crippen LogP contribution in [0.25, 0.3) is 6.08 Å². The Kier molecular flexibility index (Phi) is 5.55. The second-order valence-electron chi connectivity index (χ2n) is 6.59. The van der Waals surface area contributed by atoms with E-state index in [1.165, 1.54) is 0 Å². The van der Waals surface area contributed by atoms with Crippen LogP contribution in [0.15, 0.2) is 72.5 Å². The van der Waals surface area contributed by atoms with Crippen LogP contribution in [0, 0.1) is 0 Å². The first-order chi connectivity index (χ1) is 14.5. The Balaban J connectivity index is 1.45. The zero-order chi connectivity index (χ0) is 21.1. The largest absolute Gasteiger partial charge is 0.497 e. The molecule has 0 spiro atoms. The molecule has 0 atom stereocenters. The van der Waals surface area contributed by atoms with Crippen LogP contribution in [-0.4, -0.2) is 25.3 Å². The first kappa shape index (κ1) is 19.7. The minimum Gasteiger partial charge on any atom is -0.497 e. The Labute approximate surface area is 178 Å². The number of benzene rings is 3. The molecule has 30 heavy (non-hydrogen) atoms. The fourth-order valence-corrected chi connectivity index (χ4v) is 3.21. The average molecular weight is 421 g/mol. The number of Topliss-reactive ketones (excluding diaryl/α,β-unsaturated/α-hetero) is 2. The average Bonchev–Trinajstić information content (AvgIpc) is 3.06. The summed E-state index contributed by atoms with van der Waals surface area (Å²) in [5.74, 6) is 1.32. The summed E-state index contributed by atoms with van der Waals surface area (Å²) >= 11 is 5.99. The number of rotatable bonds is 6. The van der Waals surface area contributed by atoms with Crippen LogP contribution in [-0.2, 0) is 0 Å². The Morgan fingerprint density at radius 3 is 2.53 bits per heavy atom. The molecule has 150 valence electrons. The lowest BCUT2D eigenvalue weighted by molar-refractivity contribution is 0.0921. The third-order valence-electron chi connectivity index (χ3n) is 4.57. The van der Waals surface area contributed by atoms with Gasteiger partial charge in [-0.2, -0.15) is 0 Å². The molecule has 0 aromatic heterocycles. The van der Waals surface area contributed by atoms with Gasteiger partial charge < -0.3 is 14.2 Å². The van der Waals surface area contributed by atoms with Crippen LogP contribution in [0.3, 0.4) is 0 Å². The minimum absolute atomic E-state index is 0.135. The van der Waals surface area contributed by atoms with E-state index >= 15 is 0 Å². The van der Waals surface area contributed by atoms with Gasteiger partial charge in [-0.3, -0.25) is 9.59 Å². The fraction of sp³-hybridized carbons (Fsp3) is 0.0833. The van der Waals surface area contributed by atoms with Gasteiger partial charge in [-0.25, -0.2) is 0 Å². The highest BCUT2D eigenvalue weighted by Crippen LogP contribution is 2.35. The van der Waals surface area contributed by atoms with Gasteiger partial charge in [0.1, 0.15) is 17.2 Å². The van der Waals surface area contributed by atoms with Gasteiger partial charge in [0.25, 0.3) is 0 Å². The summed E-state index contributed by atoms with van der Waals surface area (Å²) in [6.45, 7) is -0.135. The normalized spacial score (nSPS) is 13.7. The van der Waals surface area contributed by atoms with Crippen molar-refractivity contribution in [3.8, 4) is 17.2 Å². The predicted molar refractivity (Wildman–Crippen MR) is 114 cm³/mol. The molecule has 0 unspecified atom stereocenters. The van der Waals surface area contributed by atoms with E-state index < -0.39 is 0 Å². The number of allylic oxidation sites excluding steroid dienone is 1. The standard InChI is InChI=1S/C24H17ClO5/c1-28-18-7-5-16(6-8-18)21(26)14-29-19-9-10-20-22(13-19)30-23(24(20)27)12-15-3-2-4-17(25)11-15/h2-13H,14H2,1H3. The number of carbonyl (C=O) groups is 2. The van der Waals surface area contributed by atoms with Crippen molar-refractivity contribution >= 4 is 29.2 Å². The van der Waals surface area contributed by atoms with Crippen LogP contribution in [0.4, 0.5) is 0 Å². The molecule has 0 saturated heterocycles. The molecule has 1 heterocycles.